The number of benzene rings is 1. The van der Waals surface area contributed by atoms with Crippen LogP contribution >= 0.6 is 0 Å². The number of anilines is 1. The minimum absolute atomic E-state index is 0.00768. The number of nitrogen functional groups attached to an aromatic ring is 1. The Kier molecular flexibility index (Phi) is 3.85. The molecule has 120 valence electrons. The van der Waals surface area contributed by atoms with Crippen molar-refractivity contribution in [2.75, 3.05) is 31.9 Å². The minimum atomic E-state index is -0.438. The fourth-order valence-electron chi connectivity index (χ4n) is 2.83. The van der Waals surface area contributed by atoms with Gasteiger partial charge in [-0.15, -0.1) is 0 Å². The van der Waals surface area contributed by atoms with Crippen molar-refractivity contribution in [1.29, 1.82) is 0 Å². The highest BCUT2D eigenvalue weighted by atomic mass is 19.1. The molecule has 0 bridgehead atoms. The minimum Gasteiger partial charge on any atom is -0.398 e. The van der Waals surface area contributed by atoms with E-state index in [9.17, 15) is 14.0 Å². The summed E-state index contributed by atoms with van der Waals surface area (Å²) in [5.74, 6) is -0.741. The monoisotopic (exact) mass is 316 g/mol. The van der Waals surface area contributed by atoms with Crippen LogP contribution in [0.25, 0.3) is 10.8 Å². The summed E-state index contributed by atoms with van der Waals surface area (Å²) in [4.78, 5) is 31.5. The summed E-state index contributed by atoms with van der Waals surface area (Å²) in [6, 6.07) is 4.22. The van der Waals surface area contributed by atoms with E-state index in [2.05, 4.69) is 4.98 Å². The maximum Gasteiger partial charge on any atom is 0.273 e. The molecule has 1 fully saturated rings. The van der Waals surface area contributed by atoms with Crippen molar-refractivity contribution in [3.63, 3.8) is 0 Å². The molecule has 3 rings (SSSR count). The molecule has 0 aliphatic carbocycles. The van der Waals surface area contributed by atoms with E-state index in [4.69, 9.17) is 5.73 Å². The predicted octanol–water partition coefficient (Wildman–Crippen LogP) is 1.26. The summed E-state index contributed by atoms with van der Waals surface area (Å²) in [5, 5.41) is 0.622. The molecule has 1 aromatic carbocycles. The zero-order chi connectivity index (χ0) is 16.6. The van der Waals surface area contributed by atoms with Crippen LogP contribution in [0, 0.1) is 5.82 Å². The van der Waals surface area contributed by atoms with Gasteiger partial charge < -0.3 is 15.5 Å². The van der Waals surface area contributed by atoms with Crippen molar-refractivity contribution in [2.24, 2.45) is 0 Å². The average molecular weight is 316 g/mol. The molecule has 7 heteroatoms. The third-order valence-electron chi connectivity index (χ3n) is 4.12. The lowest BCUT2D eigenvalue weighted by Gasteiger charge is -2.34. The van der Waals surface area contributed by atoms with Crippen LogP contribution in [0.3, 0.4) is 0 Å². The summed E-state index contributed by atoms with van der Waals surface area (Å²) in [6.45, 7) is 3.32. The summed E-state index contributed by atoms with van der Waals surface area (Å²) >= 11 is 0. The molecular formula is C16H17FN4O2. The van der Waals surface area contributed by atoms with Gasteiger partial charge >= 0.3 is 0 Å². The molecule has 23 heavy (non-hydrogen) atoms. The topological polar surface area (TPSA) is 79.5 Å². The van der Waals surface area contributed by atoms with Crippen LogP contribution in [0.1, 0.15) is 17.4 Å². The highest BCUT2D eigenvalue weighted by molar-refractivity contribution is 6.09. The van der Waals surface area contributed by atoms with Crippen LogP contribution in [0.5, 0.6) is 0 Å². The number of nitrogens with two attached hydrogens (primary N) is 1. The number of piperazine rings is 1. The van der Waals surface area contributed by atoms with Crippen molar-refractivity contribution < 1.29 is 14.0 Å². The number of carbonyl (C=O) groups is 2. The molecule has 1 saturated heterocycles. The molecule has 1 aromatic heterocycles. The Labute approximate surface area is 132 Å². The zero-order valence-electron chi connectivity index (χ0n) is 12.8. The first-order valence-electron chi connectivity index (χ1n) is 7.36. The van der Waals surface area contributed by atoms with Crippen LogP contribution in [0.2, 0.25) is 0 Å². The second-order valence-electron chi connectivity index (χ2n) is 5.52. The number of rotatable bonds is 1. The van der Waals surface area contributed by atoms with E-state index in [1.807, 2.05) is 0 Å². The number of halogens is 1. The Morgan fingerprint density at radius 1 is 1.13 bits per heavy atom. The number of aromatic nitrogens is 1. The Hall–Kier alpha value is -2.70. The van der Waals surface area contributed by atoms with Crippen molar-refractivity contribution in [3.8, 4) is 0 Å². The fourth-order valence-corrected chi connectivity index (χ4v) is 2.83. The van der Waals surface area contributed by atoms with E-state index in [-0.39, 0.29) is 22.9 Å². The second kappa shape index (κ2) is 5.83. The molecule has 0 saturated carbocycles. The highest BCUT2D eigenvalue weighted by Gasteiger charge is 2.26. The van der Waals surface area contributed by atoms with Crippen LogP contribution in [-0.2, 0) is 4.79 Å². The molecule has 1 aliphatic heterocycles. The van der Waals surface area contributed by atoms with Crippen LogP contribution in [0.15, 0.2) is 24.4 Å². The van der Waals surface area contributed by atoms with E-state index in [0.717, 1.165) is 0 Å². The number of nitrogens with zero attached hydrogens (tertiary/aromatic N) is 3. The van der Waals surface area contributed by atoms with Gasteiger partial charge in [0, 0.05) is 55.8 Å². The van der Waals surface area contributed by atoms with E-state index in [0.29, 0.717) is 37.3 Å². The predicted molar refractivity (Wildman–Crippen MR) is 84.3 cm³/mol. The van der Waals surface area contributed by atoms with Gasteiger partial charge in [0.05, 0.1) is 0 Å². The van der Waals surface area contributed by atoms with Gasteiger partial charge in [-0.25, -0.2) is 4.39 Å². The van der Waals surface area contributed by atoms with E-state index >= 15 is 0 Å². The maximum atomic E-state index is 13.9. The highest BCUT2D eigenvalue weighted by Crippen LogP contribution is 2.27. The number of pyridine rings is 1. The molecule has 6 nitrogen and oxygen atoms in total. The zero-order valence-corrected chi connectivity index (χ0v) is 12.8. The van der Waals surface area contributed by atoms with Crippen molar-refractivity contribution in [2.45, 2.75) is 6.92 Å². The summed E-state index contributed by atoms with van der Waals surface area (Å²) < 4.78 is 13.9. The average Bonchev–Trinajstić information content (AvgIpc) is 2.57. The van der Waals surface area contributed by atoms with E-state index < -0.39 is 5.82 Å². The molecule has 0 radical (unpaired) electrons. The quantitative estimate of drug-likeness (QED) is 0.803. The summed E-state index contributed by atoms with van der Waals surface area (Å²) in [6.07, 6.45) is 1.41. The van der Waals surface area contributed by atoms with Gasteiger partial charge in [0.25, 0.3) is 5.91 Å². The van der Waals surface area contributed by atoms with Gasteiger partial charge in [-0.2, -0.15) is 0 Å². The number of carbonyl (C=O) groups excluding carboxylic acids is 2. The Morgan fingerprint density at radius 3 is 2.43 bits per heavy atom. The first-order chi connectivity index (χ1) is 11.0. The van der Waals surface area contributed by atoms with Gasteiger partial charge in [-0.1, -0.05) is 0 Å². The maximum absolute atomic E-state index is 13.9. The molecule has 0 spiro atoms. The molecule has 2 amide bonds. The first-order valence-corrected chi connectivity index (χ1v) is 7.36. The van der Waals surface area contributed by atoms with Gasteiger partial charge in [0.2, 0.25) is 5.91 Å². The summed E-state index contributed by atoms with van der Waals surface area (Å²) in [7, 11) is 0. The first kappa shape index (κ1) is 15.2. The lowest BCUT2D eigenvalue weighted by Crippen LogP contribution is -2.50. The van der Waals surface area contributed by atoms with Crippen molar-refractivity contribution >= 4 is 28.3 Å². The van der Waals surface area contributed by atoms with Gasteiger partial charge in [-0.05, 0) is 18.2 Å². The molecule has 0 atom stereocenters. The Morgan fingerprint density at radius 2 is 1.78 bits per heavy atom. The SMILES string of the molecule is CC(=O)N1CCN(C(=O)c2nccc3c(F)ccc(N)c23)CC1. The third-order valence-corrected chi connectivity index (χ3v) is 4.12. The third kappa shape index (κ3) is 2.69. The molecule has 2 aromatic rings. The number of fused-ring (bicyclic) bond motifs is 1. The number of hydrogen-bond donors (Lipinski definition) is 1. The summed E-state index contributed by atoms with van der Waals surface area (Å²) in [5.41, 5.74) is 6.39. The number of amides is 2. The molecule has 2 N–H and O–H groups in total. The van der Waals surface area contributed by atoms with Gasteiger partial charge in [-0.3, -0.25) is 14.6 Å². The van der Waals surface area contributed by atoms with Crippen LogP contribution in [0.4, 0.5) is 10.1 Å². The van der Waals surface area contributed by atoms with Crippen LogP contribution in [-0.4, -0.2) is 52.8 Å². The lowest BCUT2D eigenvalue weighted by atomic mass is 10.1. The Balaban J connectivity index is 1.93. The normalized spacial score (nSPS) is 15.0. The van der Waals surface area contributed by atoms with Crippen molar-refractivity contribution in [3.05, 3.63) is 35.9 Å². The largest absolute Gasteiger partial charge is 0.398 e. The van der Waals surface area contributed by atoms with Crippen LogP contribution < -0.4 is 5.73 Å². The van der Waals surface area contributed by atoms with Crippen molar-refractivity contribution in [1.82, 2.24) is 14.8 Å². The van der Waals surface area contributed by atoms with E-state index in [1.165, 1.54) is 31.3 Å². The second-order valence-corrected chi connectivity index (χ2v) is 5.52. The molecular weight excluding hydrogens is 299 g/mol. The lowest BCUT2D eigenvalue weighted by molar-refractivity contribution is -0.130. The smallest absolute Gasteiger partial charge is 0.273 e. The molecule has 0 unspecified atom stereocenters. The van der Waals surface area contributed by atoms with Gasteiger partial charge in [0.15, 0.2) is 0 Å². The van der Waals surface area contributed by atoms with Gasteiger partial charge in [0.1, 0.15) is 11.5 Å². The molecule has 1 aliphatic rings. The molecule has 2 heterocycles. The fraction of sp³-hybridized carbons (Fsp3) is 0.312. The Bertz CT molecular complexity index is 785. The number of hydrogen-bond acceptors (Lipinski definition) is 4. The standard InChI is InChI=1S/C16H17FN4O2/c1-10(22)20-6-8-21(9-7-20)16(23)15-14-11(4-5-19-15)12(17)2-3-13(14)18/h2-5H,6-9,18H2,1H3. The van der Waals surface area contributed by atoms with E-state index in [1.54, 1.807) is 9.80 Å².